The van der Waals surface area contributed by atoms with Crippen LogP contribution in [-0.2, 0) is 13.2 Å². The van der Waals surface area contributed by atoms with Crippen LogP contribution in [0.1, 0.15) is 17.0 Å². The van der Waals surface area contributed by atoms with E-state index < -0.39 is 0 Å². The zero-order valence-electron chi connectivity index (χ0n) is 14.3. The molecule has 1 saturated heterocycles. The summed E-state index contributed by atoms with van der Waals surface area (Å²) in [4.78, 5) is 4.76. The molecule has 4 rings (SSSR count). The first-order valence-electron chi connectivity index (χ1n) is 8.58. The highest BCUT2D eigenvalue weighted by Gasteiger charge is 2.19. The summed E-state index contributed by atoms with van der Waals surface area (Å²) in [6, 6.07) is 12.2. The Morgan fingerprint density at radius 2 is 1.64 bits per heavy atom. The monoisotopic (exact) mass is 338 g/mol. The Balaban J connectivity index is 1.39. The van der Waals surface area contributed by atoms with E-state index in [2.05, 4.69) is 37.2 Å². The molecular formula is C18H22N6O. The Morgan fingerprint density at radius 3 is 2.36 bits per heavy atom. The summed E-state index contributed by atoms with van der Waals surface area (Å²) >= 11 is 0. The molecule has 0 unspecified atom stereocenters. The minimum Gasteiger partial charge on any atom is -0.392 e. The number of aliphatic hydroxyl groups excluding tert-OH is 1. The maximum atomic E-state index is 9.13. The van der Waals surface area contributed by atoms with Gasteiger partial charge in [-0.1, -0.05) is 24.3 Å². The number of benzene rings is 1. The fraction of sp³-hybridized carbons (Fsp3) is 0.389. The van der Waals surface area contributed by atoms with Gasteiger partial charge in [0.05, 0.1) is 6.61 Å². The molecule has 3 heterocycles. The van der Waals surface area contributed by atoms with Crippen LogP contribution >= 0.6 is 0 Å². The number of aryl methyl sites for hydroxylation is 1. The molecule has 7 nitrogen and oxygen atoms in total. The third kappa shape index (κ3) is 3.33. The Hall–Kier alpha value is -2.51. The summed E-state index contributed by atoms with van der Waals surface area (Å²) in [6.45, 7) is 6.86. The number of nitrogens with zero attached hydrogens (tertiary/aromatic N) is 6. The van der Waals surface area contributed by atoms with Crippen molar-refractivity contribution in [3.8, 4) is 0 Å². The second-order valence-electron chi connectivity index (χ2n) is 6.45. The Labute approximate surface area is 146 Å². The molecule has 0 spiro atoms. The van der Waals surface area contributed by atoms with E-state index in [9.17, 15) is 0 Å². The standard InChI is InChI=1S/C18H22N6O/c1-14-19-20-17-6-7-18(21-24(14)17)23-10-8-22(9-11-23)12-15-2-4-16(13-25)5-3-15/h2-7,25H,8-13H2,1H3. The van der Waals surface area contributed by atoms with E-state index in [4.69, 9.17) is 5.11 Å². The molecule has 1 fully saturated rings. The number of rotatable bonds is 4. The topological polar surface area (TPSA) is 69.8 Å². The smallest absolute Gasteiger partial charge is 0.178 e. The van der Waals surface area contributed by atoms with Gasteiger partial charge in [-0.3, -0.25) is 4.90 Å². The van der Waals surface area contributed by atoms with Gasteiger partial charge in [-0.2, -0.15) is 4.52 Å². The highest BCUT2D eigenvalue weighted by molar-refractivity contribution is 5.46. The van der Waals surface area contributed by atoms with Crippen molar-refractivity contribution in [2.75, 3.05) is 31.1 Å². The van der Waals surface area contributed by atoms with E-state index >= 15 is 0 Å². The van der Waals surface area contributed by atoms with E-state index in [1.807, 2.05) is 31.2 Å². The van der Waals surface area contributed by atoms with Crippen molar-refractivity contribution < 1.29 is 5.11 Å². The quantitative estimate of drug-likeness (QED) is 0.772. The summed E-state index contributed by atoms with van der Waals surface area (Å²) in [5.41, 5.74) is 3.02. The van der Waals surface area contributed by atoms with Gasteiger partial charge in [-0.15, -0.1) is 15.3 Å². The molecule has 0 amide bonds. The predicted molar refractivity (Wildman–Crippen MR) is 95.4 cm³/mol. The molecule has 1 aliphatic heterocycles. The fourth-order valence-corrected chi connectivity index (χ4v) is 3.20. The molecule has 1 N–H and O–H groups in total. The van der Waals surface area contributed by atoms with E-state index in [1.54, 1.807) is 4.52 Å². The lowest BCUT2D eigenvalue weighted by Gasteiger charge is -2.35. The summed E-state index contributed by atoms with van der Waals surface area (Å²) in [7, 11) is 0. The number of anilines is 1. The van der Waals surface area contributed by atoms with Crippen molar-refractivity contribution in [3.63, 3.8) is 0 Å². The Morgan fingerprint density at radius 1 is 0.920 bits per heavy atom. The molecule has 25 heavy (non-hydrogen) atoms. The Kier molecular flexibility index (Phi) is 4.33. The van der Waals surface area contributed by atoms with Gasteiger partial charge in [-0.25, -0.2) is 0 Å². The van der Waals surface area contributed by atoms with Crippen molar-refractivity contribution in [3.05, 3.63) is 53.3 Å². The minimum atomic E-state index is 0.0994. The molecule has 3 aromatic rings. The SMILES string of the molecule is Cc1nnc2ccc(N3CCN(Cc4ccc(CO)cc4)CC3)nn12. The van der Waals surface area contributed by atoms with Crippen LogP contribution in [-0.4, -0.2) is 56.0 Å². The van der Waals surface area contributed by atoms with Gasteiger partial charge in [-0.05, 0) is 30.2 Å². The van der Waals surface area contributed by atoms with Crippen LogP contribution in [0.15, 0.2) is 36.4 Å². The summed E-state index contributed by atoms with van der Waals surface area (Å²) in [6.07, 6.45) is 0. The average Bonchev–Trinajstić information content (AvgIpc) is 3.03. The molecule has 1 aromatic carbocycles. The second kappa shape index (κ2) is 6.78. The van der Waals surface area contributed by atoms with Crippen molar-refractivity contribution in [2.45, 2.75) is 20.1 Å². The van der Waals surface area contributed by atoms with E-state index in [1.165, 1.54) is 5.56 Å². The first-order valence-corrected chi connectivity index (χ1v) is 8.58. The fourth-order valence-electron chi connectivity index (χ4n) is 3.20. The van der Waals surface area contributed by atoms with Gasteiger partial charge in [0.25, 0.3) is 0 Å². The van der Waals surface area contributed by atoms with Crippen LogP contribution in [0.25, 0.3) is 5.65 Å². The Bertz CT molecular complexity index is 852. The summed E-state index contributed by atoms with van der Waals surface area (Å²) < 4.78 is 1.80. The minimum absolute atomic E-state index is 0.0994. The summed E-state index contributed by atoms with van der Waals surface area (Å²) in [5.74, 6) is 1.78. The normalized spacial score (nSPS) is 15.8. The lowest BCUT2D eigenvalue weighted by Crippen LogP contribution is -2.46. The van der Waals surface area contributed by atoms with Crippen molar-refractivity contribution in [1.29, 1.82) is 0 Å². The highest BCUT2D eigenvalue weighted by atomic mass is 16.3. The molecule has 0 saturated carbocycles. The zero-order valence-corrected chi connectivity index (χ0v) is 14.3. The van der Waals surface area contributed by atoms with Gasteiger partial charge in [0.2, 0.25) is 0 Å². The van der Waals surface area contributed by atoms with Crippen molar-refractivity contribution in [2.24, 2.45) is 0 Å². The number of hydrogen-bond acceptors (Lipinski definition) is 6. The molecule has 7 heteroatoms. The maximum Gasteiger partial charge on any atom is 0.178 e. The molecule has 0 aliphatic carbocycles. The second-order valence-corrected chi connectivity index (χ2v) is 6.45. The molecule has 0 bridgehead atoms. The molecule has 1 aliphatic rings. The molecule has 130 valence electrons. The summed E-state index contributed by atoms with van der Waals surface area (Å²) in [5, 5.41) is 21.9. The van der Waals surface area contributed by atoms with E-state index in [-0.39, 0.29) is 6.61 Å². The lowest BCUT2D eigenvalue weighted by molar-refractivity contribution is 0.249. The third-order valence-electron chi connectivity index (χ3n) is 4.71. The number of aromatic nitrogens is 4. The van der Waals surface area contributed by atoms with Gasteiger partial charge in [0.1, 0.15) is 5.82 Å². The number of hydrogen-bond donors (Lipinski definition) is 1. The number of fused-ring (bicyclic) bond motifs is 1. The zero-order chi connectivity index (χ0) is 17.2. The van der Waals surface area contributed by atoms with Crippen LogP contribution in [0, 0.1) is 6.92 Å². The maximum absolute atomic E-state index is 9.13. The number of aliphatic hydroxyl groups is 1. The van der Waals surface area contributed by atoms with Crippen molar-refractivity contribution in [1.82, 2.24) is 24.7 Å². The predicted octanol–water partition coefficient (Wildman–Crippen LogP) is 1.25. The van der Waals surface area contributed by atoms with Gasteiger partial charge in [0, 0.05) is 32.7 Å². The van der Waals surface area contributed by atoms with Crippen molar-refractivity contribution >= 4 is 11.5 Å². The van der Waals surface area contributed by atoms with Gasteiger partial charge < -0.3 is 10.0 Å². The first-order chi connectivity index (χ1) is 12.2. The lowest BCUT2D eigenvalue weighted by atomic mass is 10.1. The van der Waals surface area contributed by atoms with Gasteiger partial charge in [0.15, 0.2) is 11.5 Å². The van der Waals surface area contributed by atoms with Crippen LogP contribution in [0.4, 0.5) is 5.82 Å². The number of piperazine rings is 1. The molecule has 2 aromatic heterocycles. The molecular weight excluding hydrogens is 316 g/mol. The van der Waals surface area contributed by atoms with Crippen LogP contribution < -0.4 is 4.90 Å². The van der Waals surface area contributed by atoms with Gasteiger partial charge >= 0.3 is 0 Å². The van der Waals surface area contributed by atoms with Crippen LogP contribution in [0.2, 0.25) is 0 Å². The van der Waals surface area contributed by atoms with Crippen LogP contribution in [0.5, 0.6) is 0 Å². The first kappa shape index (κ1) is 16.0. The van der Waals surface area contributed by atoms with E-state index in [0.29, 0.717) is 0 Å². The molecule has 0 atom stereocenters. The van der Waals surface area contributed by atoms with Crippen LogP contribution in [0.3, 0.4) is 0 Å². The van der Waals surface area contributed by atoms with E-state index in [0.717, 1.165) is 55.6 Å². The third-order valence-corrected chi connectivity index (χ3v) is 4.71. The molecule has 0 radical (unpaired) electrons. The average molecular weight is 338 g/mol. The largest absolute Gasteiger partial charge is 0.392 e. The highest BCUT2D eigenvalue weighted by Crippen LogP contribution is 2.16.